The highest BCUT2D eigenvalue weighted by atomic mass is 16.1. The lowest BCUT2D eigenvalue weighted by Crippen LogP contribution is -2.38. The van der Waals surface area contributed by atoms with Crippen molar-refractivity contribution in [1.82, 2.24) is 4.68 Å². The molecule has 0 amide bonds. The van der Waals surface area contributed by atoms with E-state index in [4.69, 9.17) is 0 Å². The number of hydrogen-bond donors (Lipinski definition) is 0. The van der Waals surface area contributed by atoms with Crippen LogP contribution in [-0.4, -0.2) is 37.3 Å². The quantitative estimate of drug-likeness (QED) is 0.605. The van der Waals surface area contributed by atoms with E-state index < -0.39 is 0 Å². The molecule has 0 bridgehead atoms. The second-order valence-electron chi connectivity index (χ2n) is 4.64. The first kappa shape index (κ1) is 13.5. The van der Waals surface area contributed by atoms with E-state index in [0.29, 0.717) is 6.54 Å². The van der Waals surface area contributed by atoms with Crippen molar-refractivity contribution in [1.29, 1.82) is 0 Å². The Morgan fingerprint density at radius 2 is 2.21 bits per heavy atom. The summed E-state index contributed by atoms with van der Waals surface area (Å²) in [6.45, 7) is 8.05. The Kier molecular flexibility index (Phi) is 4.49. The van der Waals surface area contributed by atoms with Crippen molar-refractivity contribution >= 4 is 18.7 Å². The van der Waals surface area contributed by atoms with Gasteiger partial charge in [0.15, 0.2) is 5.49 Å². The summed E-state index contributed by atoms with van der Waals surface area (Å²) in [5.41, 5.74) is 1.91. The number of nitrogens with zero attached hydrogens (tertiary/aromatic N) is 4. The molecule has 0 atom stereocenters. The molecule has 1 aliphatic rings. The van der Waals surface area contributed by atoms with Gasteiger partial charge in [-0.3, -0.25) is 4.99 Å². The van der Waals surface area contributed by atoms with Gasteiger partial charge in [-0.1, -0.05) is 0 Å². The number of pyridine rings is 1. The van der Waals surface area contributed by atoms with Gasteiger partial charge in [0.2, 0.25) is 0 Å². The maximum atomic E-state index is 10.8. The van der Waals surface area contributed by atoms with Crippen molar-refractivity contribution in [2.75, 3.05) is 24.5 Å². The van der Waals surface area contributed by atoms with E-state index in [0.717, 1.165) is 43.4 Å². The Balaban J connectivity index is 2.32. The summed E-state index contributed by atoms with van der Waals surface area (Å²) >= 11 is 0. The largest absolute Gasteiger partial charge is 0.368 e. The summed E-state index contributed by atoms with van der Waals surface area (Å²) in [7, 11) is 0. The third kappa shape index (κ3) is 2.92. The molecule has 2 heterocycles. The Morgan fingerprint density at radius 1 is 1.47 bits per heavy atom. The standard InChI is InChI=1S/C14H20N4O/c1-3-16-14-13(5-4-8-18(14)15-2)17-9-6-12(11-19)7-10-17/h4-5,8,11-12H,2-3,6-7,9-10H2,1H3/b16-14-. The van der Waals surface area contributed by atoms with Gasteiger partial charge in [0.25, 0.3) is 0 Å². The second-order valence-corrected chi connectivity index (χ2v) is 4.64. The molecule has 2 rings (SSSR count). The normalized spacial score (nSPS) is 17.5. The fourth-order valence-corrected chi connectivity index (χ4v) is 2.42. The summed E-state index contributed by atoms with van der Waals surface area (Å²) in [6.07, 6.45) is 4.74. The molecule has 1 aliphatic heterocycles. The highest BCUT2D eigenvalue weighted by molar-refractivity contribution is 5.55. The zero-order chi connectivity index (χ0) is 13.7. The topological polar surface area (TPSA) is 50.0 Å². The van der Waals surface area contributed by atoms with E-state index in [2.05, 4.69) is 27.8 Å². The van der Waals surface area contributed by atoms with Gasteiger partial charge in [0.05, 0.1) is 5.69 Å². The van der Waals surface area contributed by atoms with Crippen LogP contribution in [0.3, 0.4) is 0 Å². The molecule has 0 aromatic carbocycles. The molecule has 0 N–H and O–H groups in total. The number of carbonyl (C=O) groups is 1. The van der Waals surface area contributed by atoms with E-state index in [1.165, 1.54) is 0 Å². The molecule has 5 nitrogen and oxygen atoms in total. The monoisotopic (exact) mass is 260 g/mol. The molecule has 5 heteroatoms. The number of aromatic nitrogens is 1. The fraction of sp³-hybridized carbons (Fsp3) is 0.500. The van der Waals surface area contributed by atoms with Gasteiger partial charge in [-0.2, -0.15) is 5.10 Å². The molecule has 1 saturated heterocycles. The smallest absolute Gasteiger partial charge is 0.172 e. The first-order valence-electron chi connectivity index (χ1n) is 6.69. The summed E-state index contributed by atoms with van der Waals surface area (Å²) in [6, 6.07) is 4.00. The summed E-state index contributed by atoms with van der Waals surface area (Å²) in [4.78, 5) is 17.6. The Labute approximate surface area is 113 Å². The lowest BCUT2D eigenvalue weighted by atomic mass is 9.98. The van der Waals surface area contributed by atoms with E-state index >= 15 is 0 Å². The third-order valence-electron chi connectivity index (χ3n) is 3.46. The number of rotatable bonds is 4. The zero-order valence-electron chi connectivity index (χ0n) is 11.3. The van der Waals surface area contributed by atoms with Gasteiger partial charge in [-0.15, -0.1) is 0 Å². The first-order chi connectivity index (χ1) is 9.30. The van der Waals surface area contributed by atoms with Crippen molar-refractivity contribution in [3.05, 3.63) is 23.8 Å². The van der Waals surface area contributed by atoms with E-state index in [-0.39, 0.29) is 5.92 Å². The van der Waals surface area contributed by atoms with Crippen LogP contribution in [0.4, 0.5) is 5.69 Å². The molecule has 1 fully saturated rings. The Morgan fingerprint density at radius 3 is 2.79 bits per heavy atom. The molecule has 1 aromatic heterocycles. The van der Waals surface area contributed by atoms with Crippen molar-refractivity contribution < 1.29 is 4.79 Å². The van der Waals surface area contributed by atoms with Gasteiger partial charge in [-0.05, 0) is 31.9 Å². The third-order valence-corrected chi connectivity index (χ3v) is 3.46. The minimum absolute atomic E-state index is 0.205. The summed E-state index contributed by atoms with van der Waals surface area (Å²) in [5.74, 6) is 0.205. The van der Waals surface area contributed by atoms with Crippen LogP contribution in [0, 0.1) is 5.92 Å². The zero-order valence-corrected chi connectivity index (χ0v) is 11.3. The maximum absolute atomic E-state index is 10.8. The molecule has 19 heavy (non-hydrogen) atoms. The Hall–Kier alpha value is -1.91. The predicted octanol–water partition coefficient (Wildman–Crippen LogP) is 1.29. The highest BCUT2D eigenvalue weighted by Crippen LogP contribution is 2.19. The molecule has 0 unspecified atom stereocenters. The van der Waals surface area contributed by atoms with Crippen LogP contribution in [0.5, 0.6) is 0 Å². The molecule has 102 valence electrons. The van der Waals surface area contributed by atoms with E-state index in [9.17, 15) is 4.79 Å². The molecular weight excluding hydrogens is 240 g/mol. The highest BCUT2D eigenvalue weighted by Gasteiger charge is 2.20. The number of piperidine rings is 1. The van der Waals surface area contributed by atoms with Crippen LogP contribution in [0.25, 0.3) is 0 Å². The SMILES string of the molecule is C=Nn1cccc(N2CCC(C=O)CC2)/c1=N/CC. The van der Waals surface area contributed by atoms with Crippen LogP contribution in [0.2, 0.25) is 0 Å². The Bertz CT molecular complexity index is 512. The minimum atomic E-state index is 0.205. The van der Waals surface area contributed by atoms with Gasteiger partial charge in [-0.25, -0.2) is 4.68 Å². The van der Waals surface area contributed by atoms with Crippen molar-refractivity contribution in [2.24, 2.45) is 16.0 Å². The second kappa shape index (κ2) is 6.31. The van der Waals surface area contributed by atoms with E-state index in [1.54, 1.807) is 4.68 Å². The molecule has 1 aromatic rings. The summed E-state index contributed by atoms with van der Waals surface area (Å²) in [5, 5.41) is 3.97. The average molecular weight is 260 g/mol. The van der Waals surface area contributed by atoms with Crippen LogP contribution >= 0.6 is 0 Å². The van der Waals surface area contributed by atoms with Crippen LogP contribution in [-0.2, 0) is 4.79 Å². The number of anilines is 1. The van der Waals surface area contributed by atoms with Gasteiger partial charge in [0.1, 0.15) is 6.29 Å². The molecular formula is C14H20N4O. The lowest BCUT2D eigenvalue weighted by Gasteiger charge is -2.31. The first-order valence-corrected chi connectivity index (χ1v) is 6.69. The molecule has 0 spiro atoms. The predicted molar refractivity (Wildman–Crippen MR) is 76.5 cm³/mol. The maximum Gasteiger partial charge on any atom is 0.172 e. The molecule has 0 saturated carbocycles. The van der Waals surface area contributed by atoms with E-state index in [1.807, 2.05) is 19.2 Å². The van der Waals surface area contributed by atoms with Gasteiger partial charge < -0.3 is 9.69 Å². The summed E-state index contributed by atoms with van der Waals surface area (Å²) < 4.78 is 1.70. The van der Waals surface area contributed by atoms with Crippen LogP contribution in [0.15, 0.2) is 28.4 Å². The van der Waals surface area contributed by atoms with Crippen LogP contribution in [0.1, 0.15) is 19.8 Å². The lowest BCUT2D eigenvalue weighted by molar-refractivity contribution is -0.111. The minimum Gasteiger partial charge on any atom is -0.368 e. The molecule has 0 radical (unpaired) electrons. The van der Waals surface area contributed by atoms with Crippen molar-refractivity contribution in [2.45, 2.75) is 19.8 Å². The average Bonchev–Trinajstić information content (AvgIpc) is 2.48. The molecule has 0 aliphatic carbocycles. The van der Waals surface area contributed by atoms with Gasteiger partial charge >= 0.3 is 0 Å². The van der Waals surface area contributed by atoms with Crippen LogP contribution < -0.4 is 10.4 Å². The number of carbonyl (C=O) groups excluding carboxylic acids is 1. The van der Waals surface area contributed by atoms with Crippen molar-refractivity contribution in [3.63, 3.8) is 0 Å². The number of hydrogen-bond acceptors (Lipinski definition) is 4. The number of aldehydes is 1. The van der Waals surface area contributed by atoms with Gasteiger partial charge in [0, 0.05) is 38.5 Å². The fourth-order valence-electron chi connectivity index (χ4n) is 2.42. The van der Waals surface area contributed by atoms with Crippen molar-refractivity contribution in [3.8, 4) is 0 Å².